The average molecular weight is 320 g/mol. The number of benzene rings is 1. The maximum absolute atomic E-state index is 12.0. The van der Waals surface area contributed by atoms with Crippen LogP contribution in [0.5, 0.6) is 0 Å². The van der Waals surface area contributed by atoms with Gasteiger partial charge in [0.2, 0.25) is 0 Å². The number of halogens is 1. The van der Waals surface area contributed by atoms with E-state index in [9.17, 15) is 9.59 Å². The van der Waals surface area contributed by atoms with E-state index in [1.807, 2.05) is 0 Å². The Morgan fingerprint density at radius 3 is 2.89 bits per heavy atom. The Morgan fingerprint density at radius 1 is 1.32 bits per heavy atom. The van der Waals surface area contributed by atoms with Crippen LogP contribution in [0.1, 0.15) is 10.4 Å². The van der Waals surface area contributed by atoms with E-state index in [-0.39, 0.29) is 5.56 Å². The molecule has 3 aromatic rings. The summed E-state index contributed by atoms with van der Waals surface area (Å²) in [5.41, 5.74) is -0.366. The second-order valence-corrected chi connectivity index (χ2v) is 4.69. The molecule has 0 atom stereocenters. The molecule has 2 heterocycles. The Labute approximate surface area is 114 Å². The predicted molar refractivity (Wildman–Crippen MR) is 69.9 cm³/mol. The standard InChI is InChI=1S/C12H6BrN3O3/c13-8-1-2-10-7(3-8)4-9(12(18)19-10)11(17)16-6-14-5-15-16/h1-6H. The van der Waals surface area contributed by atoms with Gasteiger partial charge in [-0.1, -0.05) is 15.9 Å². The van der Waals surface area contributed by atoms with Crippen molar-refractivity contribution in [2.24, 2.45) is 0 Å². The van der Waals surface area contributed by atoms with Crippen molar-refractivity contribution in [1.29, 1.82) is 0 Å². The van der Waals surface area contributed by atoms with Gasteiger partial charge in [0.1, 0.15) is 23.8 Å². The lowest BCUT2D eigenvalue weighted by atomic mass is 10.2. The molecular formula is C12H6BrN3O3. The van der Waals surface area contributed by atoms with Crippen molar-refractivity contribution in [2.45, 2.75) is 0 Å². The summed E-state index contributed by atoms with van der Waals surface area (Å²) >= 11 is 3.32. The van der Waals surface area contributed by atoms with E-state index in [0.29, 0.717) is 11.0 Å². The second kappa shape index (κ2) is 4.43. The van der Waals surface area contributed by atoms with Gasteiger partial charge in [-0.25, -0.2) is 9.78 Å². The van der Waals surface area contributed by atoms with Gasteiger partial charge in [-0.05, 0) is 24.3 Å². The Bertz CT molecular complexity index is 824. The van der Waals surface area contributed by atoms with Gasteiger partial charge in [0.15, 0.2) is 0 Å². The monoisotopic (exact) mass is 319 g/mol. The Kier molecular flexibility index (Phi) is 2.75. The summed E-state index contributed by atoms with van der Waals surface area (Å²) in [6.07, 6.45) is 2.45. The minimum atomic E-state index is -0.699. The van der Waals surface area contributed by atoms with Gasteiger partial charge < -0.3 is 4.42 Å². The topological polar surface area (TPSA) is 78.0 Å². The smallest absolute Gasteiger partial charge is 0.349 e. The van der Waals surface area contributed by atoms with Crippen LogP contribution in [0.3, 0.4) is 0 Å². The van der Waals surface area contributed by atoms with Crippen LogP contribution in [-0.2, 0) is 0 Å². The van der Waals surface area contributed by atoms with E-state index in [4.69, 9.17) is 4.42 Å². The highest BCUT2D eigenvalue weighted by Crippen LogP contribution is 2.19. The average Bonchev–Trinajstić information content (AvgIpc) is 2.91. The van der Waals surface area contributed by atoms with Gasteiger partial charge in [-0.15, -0.1) is 0 Å². The van der Waals surface area contributed by atoms with Crippen LogP contribution in [0, 0.1) is 0 Å². The van der Waals surface area contributed by atoms with Gasteiger partial charge in [-0.3, -0.25) is 4.79 Å². The van der Waals surface area contributed by atoms with Crippen LogP contribution in [0.2, 0.25) is 0 Å². The van der Waals surface area contributed by atoms with E-state index in [1.54, 1.807) is 18.2 Å². The van der Waals surface area contributed by atoms with Crippen LogP contribution in [0.25, 0.3) is 11.0 Å². The zero-order chi connectivity index (χ0) is 13.4. The Morgan fingerprint density at radius 2 is 2.16 bits per heavy atom. The SMILES string of the molecule is O=C(c1cc2cc(Br)ccc2oc1=O)n1cncn1. The highest BCUT2D eigenvalue weighted by molar-refractivity contribution is 9.10. The van der Waals surface area contributed by atoms with Crippen LogP contribution in [0.4, 0.5) is 0 Å². The molecule has 0 aliphatic heterocycles. The summed E-state index contributed by atoms with van der Waals surface area (Å²) in [7, 11) is 0. The van der Waals surface area contributed by atoms with E-state index in [1.165, 1.54) is 18.7 Å². The molecule has 6 nitrogen and oxygen atoms in total. The first-order valence-corrected chi connectivity index (χ1v) is 6.07. The predicted octanol–water partition coefficient (Wildman–Crippen LogP) is 1.84. The number of carbonyl (C=O) groups excluding carboxylic acids is 1. The first kappa shape index (κ1) is 11.8. The molecule has 0 fully saturated rings. The molecular weight excluding hydrogens is 314 g/mol. The molecule has 7 heteroatoms. The molecule has 3 rings (SSSR count). The fourth-order valence-electron chi connectivity index (χ4n) is 1.68. The second-order valence-electron chi connectivity index (χ2n) is 3.77. The van der Waals surface area contributed by atoms with E-state index in [0.717, 1.165) is 9.15 Å². The van der Waals surface area contributed by atoms with E-state index >= 15 is 0 Å². The van der Waals surface area contributed by atoms with Crippen LogP contribution in [-0.4, -0.2) is 20.7 Å². The molecule has 0 aliphatic rings. The summed E-state index contributed by atoms with van der Waals surface area (Å²) in [6, 6.07) is 6.65. The third-order valence-corrected chi connectivity index (χ3v) is 3.04. The first-order valence-electron chi connectivity index (χ1n) is 5.28. The largest absolute Gasteiger partial charge is 0.422 e. The normalized spacial score (nSPS) is 10.8. The summed E-state index contributed by atoms with van der Waals surface area (Å²) in [6.45, 7) is 0. The van der Waals surface area contributed by atoms with Crippen LogP contribution >= 0.6 is 15.9 Å². The van der Waals surface area contributed by atoms with Crippen LogP contribution < -0.4 is 5.63 Å². The molecule has 0 spiro atoms. The van der Waals surface area contributed by atoms with Gasteiger partial charge in [-0.2, -0.15) is 9.78 Å². The summed E-state index contributed by atoms with van der Waals surface area (Å²) in [5.74, 6) is -0.576. The molecule has 0 radical (unpaired) electrons. The number of hydrogen-bond acceptors (Lipinski definition) is 5. The maximum atomic E-state index is 12.0. The molecule has 19 heavy (non-hydrogen) atoms. The number of carbonyl (C=O) groups is 1. The third-order valence-electron chi connectivity index (χ3n) is 2.55. The number of aromatic nitrogens is 3. The third kappa shape index (κ3) is 2.08. The van der Waals surface area contributed by atoms with Gasteiger partial charge >= 0.3 is 5.63 Å². The van der Waals surface area contributed by atoms with Crippen molar-refractivity contribution < 1.29 is 9.21 Å². The van der Waals surface area contributed by atoms with E-state index < -0.39 is 11.5 Å². The first-order chi connectivity index (χ1) is 9.15. The number of nitrogens with zero attached hydrogens (tertiary/aromatic N) is 3. The molecule has 0 aliphatic carbocycles. The van der Waals surface area contributed by atoms with Gasteiger partial charge in [0.25, 0.3) is 5.91 Å². The minimum absolute atomic E-state index is 0.0869. The van der Waals surface area contributed by atoms with Crippen molar-refractivity contribution in [3.05, 3.63) is 57.4 Å². The quantitative estimate of drug-likeness (QED) is 0.639. The van der Waals surface area contributed by atoms with Crippen molar-refractivity contribution in [1.82, 2.24) is 14.8 Å². The maximum Gasteiger partial charge on any atom is 0.349 e. The lowest BCUT2D eigenvalue weighted by molar-refractivity contribution is 0.0941. The van der Waals surface area contributed by atoms with Crippen molar-refractivity contribution in [3.63, 3.8) is 0 Å². The molecule has 94 valence electrons. The van der Waals surface area contributed by atoms with Crippen molar-refractivity contribution in [3.8, 4) is 0 Å². The molecule has 0 amide bonds. The highest BCUT2D eigenvalue weighted by atomic mass is 79.9. The molecule has 0 N–H and O–H groups in total. The highest BCUT2D eigenvalue weighted by Gasteiger charge is 2.16. The summed E-state index contributed by atoms with van der Waals surface area (Å²) in [5, 5.41) is 4.35. The molecule has 0 unspecified atom stereocenters. The molecule has 0 saturated heterocycles. The lowest BCUT2D eigenvalue weighted by Gasteiger charge is -2.01. The fraction of sp³-hybridized carbons (Fsp3) is 0. The van der Waals surface area contributed by atoms with Crippen molar-refractivity contribution >= 4 is 32.8 Å². The Balaban J connectivity index is 2.21. The fourth-order valence-corrected chi connectivity index (χ4v) is 2.06. The Hall–Kier alpha value is -2.28. The molecule has 2 aromatic heterocycles. The number of fused-ring (bicyclic) bond motifs is 1. The van der Waals surface area contributed by atoms with E-state index in [2.05, 4.69) is 26.0 Å². The summed E-state index contributed by atoms with van der Waals surface area (Å²) in [4.78, 5) is 27.5. The zero-order valence-corrected chi connectivity index (χ0v) is 11.0. The van der Waals surface area contributed by atoms with Gasteiger partial charge in [0, 0.05) is 9.86 Å². The number of rotatable bonds is 1. The summed E-state index contributed by atoms with van der Waals surface area (Å²) < 4.78 is 6.92. The van der Waals surface area contributed by atoms with Crippen molar-refractivity contribution in [2.75, 3.05) is 0 Å². The molecule has 1 aromatic carbocycles. The lowest BCUT2D eigenvalue weighted by Crippen LogP contribution is -2.20. The van der Waals surface area contributed by atoms with Crippen LogP contribution in [0.15, 0.2) is 50.6 Å². The minimum Gasteiger partial charge on any atom is -0.422 e. The molecule has 0 saturated carbocycles. The zero-order valence-electron chi connectivity index (χ0n) is 9.41. The van der Waals surface area contributed by atoms with Gasteiger partial charge in [0.05, 0.1) is 0 Å². The molecule has 0 bridgehead atoms. The number of hydrogen-bond donors (Lipinski definition) is 0.